The molecule has 20 heavy (non-hydrogen) atoms. The Morgan fingerprint density at radius 2 is 2.00 bits per heavy atom. The Hall–Kier alpha value is -1.34. The minimum atomic E-state index is -4.48. The van der Waals surface area contributed by atoms with Crippen molar-refractivity contribution in [1.29, 1.82) is 0 Å². The molecule has 0 saturated carbocycles. The van der Waals surface area contributed by atoms with Gasteiger partial charge in [0.15, 0.2) is 0 Å². The molecule has 0 aliphatic carbocycles. The molecule has 0 radical (unpaired) electrons. The van der Waals surface area contributed by atoms with E-state index in [4.69, 9.17) is 10.8 Å². The number of alkyl halides is 3. The number of halogens is 3. The van der Waals surface area contributed by atoms with E-state index in [-0.39, 0.29) is 25.0 Å². The molecular formula is C13H20F3N3O. The highest BCUT2D eigenvalue weighted by molar-refractivity contribution is 5.49. The molecule has 0 fully saturated rings. The largest absolute Gasteiger partial charge is 0.433 e. The number of aliphatic hydroxyl groups excluding tert-OH is 1. The maximum atomic E-state index is 12.8. The first kappa shape index (κ1) is 16.7. The van der Waals surface area contributed by atoms with Crippen LogP contribution in [0.1, 0.15) is 31.5 Å². The fourth-order valence-electron chi connectivity index (χ4n) is 1.89. The van der Waals surface area contributed by atoms with Crippen molar-refractivity contribution in [2.75, 3.05) is 18.1 Å². The number of pyridine rings is 1. The zero-order valence-corrected chi connectivity index (χ0v) is 11.6. The Bertz CT molecular complexity index is 435. The van der Waals surface area contributed by atoms with Crippen molar-refractivity contribution in [2.24, 2.45) is 5.73 Å². The Balaban J connectivity index is 3.22. The van der Waals surface area contributed by atoms with Gasteiger partial charge in [-0.25, -0.2) is 4.98 Å². The van der Waals surface area contributed by atoms with Gasteiger partial charge in [-0.15, -0.1) is 0 Å². The van der Waals surface area contributed by atoms with Gasteiger partial charge in [0, 0.05) is 31.3 Å². The Labute approximate surface area is 116 Å². The van der Waals surface area contributed by atoms with Gasteiger partial charge in [-0.3, -0.25) is 0 Å². The highest BCUT2D eigenvalue weighted by Gasteiger charge is 2.33. The molecule has 0 unspecified atom stereocenters. The van der Waals surface area contributed by atoms with E-state index in [9.17, 15) is 13.2 Å². The van der Waals surface area contributed by atoms with E-state index >= 15 is 0 Å². The number of hydrogen-bond acceptors (Lipinski definition) is 4. The normalized spacial score (nSPS) is 12.0. The molecule has 1 aromatic rings. The van der Waals surface area contributed by atoms with E-state index in [1.54, 1.807) is 4.90 Å². The van der Waals surface area contributed by atoms with Crippen LogP contribution in [0.3, 0.4) is 0 Å². The second-order valence-electron chi connectivity index (χ2n) is 4.75. The third-order valence-corrected chi connectivity index (χ3v) is 2.92. The van der Waals surface area contributed by atoms with Gasteiger partial charge in [0.25, 0.3) is 0 Å². The zero-order valence-electron chi connectivity index (χ0n) is 11.6. The quantitative estimate of drug-likeness (QED) is 0.843. The molecule has 0 amide bonds. The Morgan fingerprint density at radius 1 is 1.35 bits per heavy atom. The van der Waals surface area contributed by atoms with Crippen molar-refractivity contribution in [3.8, 4) is 0 Å². The first-order valence-corrected chi connectivity index (χ1v) is 6.46. The molecule has 114 valence electrons. The third-order valence-electron chi connectivity index (χ3n) is 2.92. The molecule has 1 aromatic heterocycles. The molecule has 1 rings (SSSR count). The number of rotatable bonds is 6. The average molecular weight is 291 g/mol. The van der Waals surface area contributed by atoms with E-state index in [0.29, 0.717) is 18.5 Å². The molecular weight excluding hydrogens is 271 g/mol. The Kier molecular flexibility index (Phi) is 5.76. The minimum absolute atomic E-state index is 0.0276. The number of anilines is 1. The summed E-state index contributed by atoms with van der Waals surface area (Å²) in [6.45, 7) is 4.23. The van der Waals surface area contributed by atoms with E-state index in [0.717, 1.165) is 6.07 Å². The number of hydrogen-bond donors (Lipinski definition) is 2. The lowest BCUT2D eigenvalue weighted by Crippen LogP contribution is -2.34. The van der Waals surface area contributed by atoms with E-state index in [1.165, 1.54) is 6.07 Å². The maximum absolute atomic E-state index is 12.8. The van der Waals surface area contributed by atoms with Crippen LogP contribution < -0.4 is 10.6 Å². The number of nitrogens with zero attached hydrogens (tertiary/aromatic N) is 2. The number of nitrogens with two attached hydrogens (primary N) is 1. The van der Waals surface area contributed by atoms with Gasteiger partial charge in [-0.1, -0.05) is 6.07 Å². The molecule has 1 heterocycles. The summed E-state index contributed by atoms with van der Waals surface area (Å²) >= 11 is 0. The highest BCUT2D eigenvalue weighted by Crippen LogP contribution is 2.31. The van der Waals surface area contributed by atoms with Crippen LogP contribution >= 0.6 is 0 Å². The van der Waals surface area contributed by atoms with Gasteiger partial charge >= 0.3 is 6.18 Å². The first-order chi connectivity index (χ1) is 9.31. The maximum Gasteiger partial charge on any atom is 0.433 e. The van der Waals surface area contributed by atoms with Crippen LogP contribution in [0.25, 0.3) is 0 Å². The van der Waals surface area contributed by atoms with Crippen LogP contribution in [0.2, 0.25) is 0 Å². The predicted octanol–water partition coefficient (Wildman–Crippen LogP) is 2.16. The summed E-state index contributed by atoms with van der Waals surface area (Å²) in [5, 5.41) is 8.90. The predicted molar refractivity (Wildman–Crippen MR) is 71.3 cm³/mol. The smallest absolute Gasteiger partial charge is 0.396 e. The van der Waals surface area contributed by atoms with Crippen LogP contribution in [-0.4, -0.2) is 29.3 Å². The third kappa shape index (κ3) is 4.08. The molecule has 0 spiro atoms. The molecule has 0 bridgehead atoms. The monoisotopic (exact) mass is 291 g/mol. The summed E-state index contributed by atoms with van der Waals surface area (Å²) < 4.78 is 38.3. The Morgan fingerprint density at radius 3 is 2.45 bits per heavy atom. The molecule has 7 heteroatoms. The lowest BCUT2D eigenvalue weighted by atomic mass is 10.1. The lowest BCUT2D eigenvalue weighted by molar-refractivity contribution is -0.141. The van der Waals surface area contributed by atoms with Gasteiger partial charge in [0.05, 0.1) is 0 Å². The highest BCUT2D eigenvalue weighted by atomic mass is 19.4. The van der Waals surface area contributed by atoms with Crippen molar-refractivity contribution in [3.05, 3.63) is 23.4 Å². The molecule has 0 aromatic carbocycles. The second kappa shape index (κ2) is 6.90. The van der Waals surface area contributed by atoms with Crippen LogP contribution in [0.15, 0.2) is 12.1 Å². The van der Waals surface area contributed by atoms with Crippen molar-refractivity contribution in [3.63, 3.8) is 0 Å². The van der Waals surface area contributed by atoms with E-state index in [2.05, 4.69) is 4.98 Å². The van der Waals surface area contributed by atoms with E-state index in [1.807, 2.05) is 13.8 Å². The molecule has 3 N–H and O–H groups in total. The fraction of sp³-hybridized carbons (Fsp3) is 0.615. The zero-order chi connectivity index (χ0) is 15.3. The summed E-state index contributed by atoms with van der Waals surface area (Å²) in [7, 11) is 0. The van der Waals surface area contributed by atoms with Crippen LogP contribution in [-0.2, 0) is 12.7 Å². The molecule has 0 atom stereocenters. The average Bonchev–Trinajstić information content (AvgIpc) is 2.37. The first-order valence-electron chi connectivity index (χ1n) is 6.46. The van der Waals surface area contributed by atoms with Crippen LogP contribution in [0, 0.1) is 0 Å². The lowest BCUT2D eigenvalue weighted by Gasteiger charge is -2.30. The molecule has 0 saturated heterocycles. The summed E-state index contributed by atoms with van der Waals surface area (Å²) in [5.74, 6) is 0.241. The van der Waals surface area contributed by atoms with Crippen molar-refractivity contribution >= 4 is 5.82 Å². The summed E-state index contributed by atoms with van der Waals surface area (Å²) in [6.07, 6.45) is -4.03. The molecule has 0 aliphatic heterocycles. The number of aromatic nitrogens is 1. The van der Waals surface area contributed by atoms with Gasteiger partial charge < -0.3 is 15.7 Å². The number of aliphatic hydroxyl groups is 1. The SMILES string of the molecule is CC(C)N(CCCO)c1nc(C(F)(F)F)ccc1CN. The summed E-state index contributed by atoms with van der Waals surface area (Å²) in [5.41, 5.74) is 5.21. The molecule has 4 nitrogen and oxygen atoms in total. The van der Waals surface area contributed by atoms with Gasteiger partial charge in [0.1, 0.15) is 11.5 Å². The van der Waals surface area contributed by atoms with E-state index < -0.39 is 11.9 Å². The minimum Gasteiger partial charge on any atom is -0.396 e. The fourth-order valence-corrected chi connectivity index (χ4v) is 1.89. The second-order valence-corrected chi connectivity index (χ2v) is 4.75. The van der Waals surface area contributed by atoms with Gasteiger partial charge in [-0.05, 0) is 26.3 Å². The van der Waals surface area contributed by atoms with Crippen molar-refractivity contribution < 1.29 is 18.3 Å². The van der Waals surface area contributed by atoms with Gasteiger partial charge in [0.2, 0.25) is 0 Å². The topological polar surface area (TPSA) is 62.4 Å². The summed E-state index contributed by atoms with van der Waals surface area (Å²) in [6, 6.07) is 2.26. The van der Waals surface area contributed by atoms with Crippen molar-refractivity contribution in [2.45, 2.75) is 39.0 Å². The molecule has 0 aliphatic rings. The van der Waals surface area contributed by atoms with Crippen LogP contribution in [0.4, 0.5) is 19.0 Å². The van der Waals surface area contributed by atoms with Crippen LogP contribution in [0.5, 0.6) is 0 Å². The summed E-state index contributed by atoms with van der Waals surface area (Å²) in [4.78, 5) is 5.46. The van der Waals surface area contributed by atoms with Gasteiger partial charge in [-0.2, -0.15) is 13.2 Å². The standard InChI is InChI=1S/C13H20F3N3O/c1-9(2)19(6-3-7-20)12-10(8-17)4-5-11(18-12)13(14,15)16/h4-5,9,20H,3,6-8,17H2,1-2H3. The van der Waals surface area contributed by atoms with Crippen molar-refractivity contribution in [1.82, 2.24) is 4.98 Å².